The summed E-state index contributed by atoms with van der Waals surface area (Å²) in [4.78, 5) is 20.3. The van der Waals surface area contributed by atoms with Crippen molar-refractivity contribution in [2.75, 3.05) is 26.2 Å². The minimum Gasteiger partial charge on any atom is -0.357 e. The summed E-state index contributed by atoms with van der Waals surface area (Å²) in [6.07, 6.45) is 0. The van der Waals surface area contributed by atoms with Gasteiger partial charge in [0.05, 0.1) is 6.54 Å². The first-order valence-corrected chi connectivity index (χ1v) is 10.9. The lowest BCUT2D eigenvalue weighted by Gasteiger charge is -2.18. The van der Waals surface area contributed by atoms with Crippen molar-refractivity contribution in [3.8, 4) is 0 Å². The molecule has 0 aliphatic heterocycles. The van der Waals surface area contributed by atoms with Crippen molar-refractivity contribution in [1.29, 1.82) is 0 Å². The van der Waals surface area contributed by atoms with Gasteiger partial charge in [-0.05, 0) is 49.9 Å². The molecule has 0 bridgehead atoms. The zero-order chi connectivity index (χ0) is 20.4. The van der Waals surface area contributed by atoms with Crippen LogP contribution < -0.4 is 10.6 Å². The first-order chi connectivity index (χ1) is 13.6. The molecule has 0 spiro atoms. The number of carbonyl (C=O) groups excluding carboxylic acids is 1. The fourth-order valence-electron chi connectivity index (χ4n) is 2.88. The van der Waals surface area contributed by atoms with E-state index in [1.807, 2.05) is 43.0 Å². The molecule has 2 aromatic rings. The zero-order valence-corrected chi connectivity index (χ0v) is 20.9. The van der Waals surface area contributed by atoms with Crippen LogP contribution in [0.3, 0.4) is 0 Å². The Balaban J connectivity index is 0.00000420. The van der Waals surface area contributed by atoms with Gasteiger partial charge >= 0.3 is 0 Å². The molecule has 2 N–H and O–H groups in total. The second kappa shape index (κ2) is 13.6. The van der Waals surface area contributed by atoms with E-state index < -0.39 is 0 Å². The maximum absolute atomic E-state index is 12.4. The number of rotatable bonds is 9. The van der Waals surface area contributed by atoms with Crippen LogP contribution in [0, 0.1) is 0 Å². The smallest absolute Gasteiger partial charge is 0.253 e. The van der Waals surface area contributed by atoms with Crippen molar-refractivity contribution in [3.63, 3.8) is 0 Å². The monoisotopic (exact) mass is 528 g/mol. The van der Waals surface area contributed by atoms with Gasteiger partial charge < -0.3 is 15.5 Å². The lowest BCUT2D eigenvalue weighted by Crippen LogP contribution is -2.39. The summed E-state index contributed by atoms with van der Waals surface area (Å²) >= 11 is 1.78. The molecular weight excluding hydrogens is 495 g/mol. The maximum atomic E-state index is 12.4. The number of hydrogen-bond donors (Lipinski definition) is 2. The standard InChI is InChI=1S/C22H32N4OS.HI/c1-5-23-22(24-15-17(4)20-9-8-14-28-20)25-16-18-10-12-19(13-11-18)21(27)26(6-2)7-3;/h8-14,17H,5-7,15-16H2,1-4H3,(H2,23,24,25);1H. The van der Waals surface area contributed by atoms with Gasteiger partial charge in [0.2, 0.25) is 0 Å². The van der Waals surface area contributed by atoms with E-state index in [4.69, 9.17) is 0 Å². The first kappa shape index (κ1) is 25.4. The minimum absolute atomic E-state index is 0. The Kier molecular flexibility index (Phi) is 11.9. The Hall–Kier alpha value is -1.61. The molecule has 160 valence electrons. The van der Waals surface area contributed by atoms with Gasteiger partial charge in [0.25, 0.3) is 5.91 Å². The molecule has 1 heterocycles. The van der Waals surface area contributed by atoms with Gasteiger partial charge in [0, 0.05) is 42.5 Å². The Morgan fingerprint density at radius 2 is 1.79 bits per heavy atom. The van der Waals surface area contributed by atoms with Crippen molar-refractivity contribution in [2.24, 2.45) is 4.99 Å². The number of amides is 1. The number of carbonyl (C=O) groups is 1. The van der Waals surface area contributed by atoms with Gasteiger partial charge in [-0.1, -0.05) is 25.1 Å². The summed E-state index contributed by atoms with van der Waals surface area (Å²) in [5.41, 5.74) is 1.81. The third-order valence-electron chi connectivity index (χ3n) is 4.62. The molecule has 0 aliphatic rings. The van der Waals surface area contributed by atoms with Crippen LogP contribution in [0.4, 0.5) is 0 Å². The van der Waals surface area contributed by atoms with Gasteiger partial charge in [0.15, 0.2) is 5.96 Å². The largest absolute Gasteiger partial charge is 0.357 e. The summed E-state index contributed by atoms with van der Waals surface area (Å²) in [5.74, 6) is 1.33. The van der Waals surface area contributed by atoms with E-state index in [0.717, 1.165) is 43.3 Å². The number of thiophene rings is 1. The fraction of sp³-hybridized carbons (Fsp3) is 0.455. The fourth-order valence-corrected chi connectivity index (χ4v) is 3.67. The van der Waals surface area contributed by atoms with Gasteiger partial charge in [-0.15, -0.1) is 35.3 Å². The van der Waals surface area contributed by atoms with Gasteiger partial charge in [-0.2, -0.15) is 0 Å². The van der Waals surface area contributed by atoms with Crippen LogP contribution in [-0.4, -0.2) is 42.9 Å². The second-order valence-corrected chi connectivity index (χ2v) is 7.65. The molecule has 2 rings (SSSR count). The van der Waals surface area contributed by atoms with Crippen LogP contribution in [-0.2, 0) is 6.54 Å². The molecule has 0 saturated heterocycles. The quantitative estimate of drug-likeness (QED) is 0.282. The van der Waals surface area contributed by atoms with E-state index >= 15 is 0 Å². The summed E-state index contributed by atoms with van der Waals surface area (Å²) in [6, 6.07) is 12.0. The van der Waals surface area contributed by atoms with Crippen molar-refractivity contribution < 1.29 is 4.79 Å². The molecule has 0 fully saturated rings. The topological polar surface area (TPSA) is 56.7 Å². The van der Waals surface area contributed by atoms with E-state index in [0.29, 0.717) is 12.5 Å². The van der Waals surface area contributed by atoms with Gasteiger partial charge in [-0.3, -0.25) is 4.79 Å². The lowest BCUT2D eigenvalue weighted by atomic mass is 10.1. The van der Waals surface area contributed by atoms with Crippen LogP contribution in [0.5, 0.6) is 0 Å². The first-order valence-electron chi connectivity index (χ1n) is 10.0. The highest BCUT2D eigenvalue weighted by atomic mass is 127. The Labute approximate surface area is 196 Å². The number of nitrogens with one attached hydrogen (secondary N) is 2. The summed E-state index contributed by atoms with van der Waals surface area (Å²) in [6.45, 7) is 12.0. The second-order valence-electron chi connectivity index (χ2n) is 6.67. The number of guanidine groups is 1. The molecule has 5 nitrogen and oxygen atoms in total. The average molecular weight is 529 g/mol. The van der Waals surface area contributed by atoms with Gasteiger partial charge in [0.1, 0.15) is 0 Å². The zero-order valence-electron chi connectivity index (χ0n) is 17.8. The maximum Gasteiger partial charge on any atom is 0.253 e. The number of hydrogen-bond acceptors (Lipinski definition) is 3. The molecule has 0 aliphatic carbocycles. The van der Waals surface area contributed by atoms with E-state index in [2.05, 4.69) is 47.0 Å². The predicted octanol–water partition coefficient (Wildman–Crippen LogP) is 4.71. The van der Waals surface area contributed by atoms with E-state index in [-0.39, 0.29) is 29.9 Å². The number of nitrogens with zero attached hydrogens (tertiary/aromatic N) is 2. The molecule has 1 amide bonds. The highest BCUT2D eigenvalue weighted by molar-refractivity contribution is 14.0. The van der Waals surface area contributed by atoms with Gasteiger partial charge in [-0.25, -0.2) is 4.99 Å². The van der Waals surface area contributed by atoms with Crippen LogP contribution in [0.25, 0.3) is 0 Å². The van der Waals surface area contributed by atoms with Crippen LogP contribution in [0.2, 0.25) is 0 Å². The summed E-state index contributed by atoms with van der Waals surface area (Å²) < 4.78 is 0. The van der Waals surface area contributed by atoms with Crippen LogP contribution in [0.15, 0.2) is 46.8 Å². The number of aliphatic imine (C=N–C) groups is 1. The van der Waals surface area contributed by atoms with Crippen molar-refractivity contribution in [1.82, 2.24) is 15.5 Å². The van der Waals surface area contributed by atoms with Crippen molar-refractivity contribution in [3.05, 3.63) is 57.8 Å². The van der Waals surface area contributed by atoms with Crippen molar-refractivity contribution >= 4 is 47.2 Å². The molecule has 0 saturated carbocycles. The third kappa shape index (κ3) is 7.97. The highest BCUT2D eigenvalue weighted by Crippen LogP contribution is 2.19. The van der Waals surface area contributed by atoms with Crippen LogP contribution in [0.1, 0.15) is 54.4 Å². The van der Waals surface area contributed by atoms with E-state index in [9.17, 15) is 4.79 Å². The molecule has 1 atom stereocenters. The number of benzene rings is 1. The molecule has 1 aromatic carbocycles. The normalized spacial score (nSPS) is 12.1. The SMILES string of the molecule is CCNC(=NCc1ccc(C(=O)N(CC)CC)cc1)NCC(C)c1cccs1.I. The molecule has 29 heavy (non-hydrogen) atoms. The Morgan fingerprint density at radius 1 is 1.10 bits per heavy atom. The average Bonchev–Trinajstić information content (AvgIpc) is 3.26. The van der Waals surface area contributed by atoms with Crippen molar-refractivity contribution in [2.45, 2.75) is 40.2 Å². The lowest BCUT2D eigenvalue weighted by molar-refractivity contribution is 0.0773. The highest BCUT2D eigenvalue weighted by Gasteiger charge is 2.12. The van der Waals surface area contributed by atoms with Crippen LogP contribution >= 0.6 is 35.3 Å². The Bertz CT molecular complexity index is 743. The van der Waals surface area contributed by atoms with E-state index in [1.54, 1.807) is 11.3 Å². The molecule has 0 radical (unpaired) electrons. The predicted molar refractivity (Wildman–Crippen MR) is 135 cm³/mol. The Morgan fingerprint density at radius 3 is 2.34 bits per heavy atom. The summed E-state index contributed by atoms with van der Waals surface area (Å²) in [7, 11) is 0. The van der Waals surface area contributed by atoms with E-state index in [1.165, 1.54) is 4.88 Å². The molecule has 1 unspecified atom stereocenters. The minimum atomic E-state index is 0. The summed E-state index contributed by atoms with van der Waals surface area (Å²) in [5, 5.41) is 8.83. The molecule has 7 heteroatoms. The molecular formula is C22H33IN4OS. The molecule has 1 aromatic heterocycles. The number of halogens is 1. The third-order valence-corrected chi connectivity index (χ3v) is 5.72.